The van der Waals surface area contributed by atoms with E-state index in [0.29, 0.717) is 18.0 Å². The highest BCUT2D eigenvalue weighted by Gasteiger charge is 2.23. The van der Waals surface area contributed by atoms with Gasteiger partial charge in [-0.3, -0.25) is 14.0 Å². The van der Waals surface area contributed by atoms with Crippen LogP contribution in [-0.4, -0.2) is 51.2 Å². The molecule has 5 rings (SSSR count). The molecule has 3 aromatic heterocycles. The van der Waals surface area contributed by atoms with Crippen LogP contribution in [-0.2, 0) is 6.54 Å². The highest BCUT2D eigenvalue weighted by atomic mass is 16.3. The van der Waals surface area contributed by atoms with E-state index in [1.165, 1.54) is 25.6 Å². The molecule has 0 atom stereocenters. The zero-order valence-electron chi connectivity index (χ0n) is 19.0. The lowest BCUT2D eigenvalue weighted by molar-refractivity contribution is 0.0779. The van der Waals surface area contributed by atoms with Crippen LogP contribution in [0.25, 0.3) is 17.1 Å². The van der Waals surface area contributed by atoms with Crippen molar-refractivity contribution >= 4 is 23.1 Å². The van der Waals surface area contributed by atoms with Gasteiger partial charge in [0.2, 0.25) is 0 Å². The quantitative estimate of drug-likeness (QED) is 0.474. The molecule has 174 valence electrons. The molecule has 4 heterocycles. The molecule has 1 aliphatic heterocycles. The molecular weight excluding hydrogens is 432 g/mol. The topological polar surface area (TPSA) is 110 Å². The average molecular weight is 459 g/mol. The van der Waals surface area contributed by atoms with Crippen molar-refractivity contribution in [2.24, 2.45) is 5.73 Å². The van der Waals surface area contributed by atoms with Crippen molar-refractivity contribution in [3.8, 4) is 11.5 Å². The Balaban J connectivity index is 1.49. The predicted octanol–water partition coefficient (Wildman–Crippen LogP) is 3.35. The summed E-state index contributed by atoms with van der Waals surface area (Å²) in [7, 11) is 1.75. The van der Waals surface area contributed by atoms with Crippen LogP contribution in [0.1, 0.15) is 45.8 Å². The number of primary amides is 1. The Kier molecular flexibility index (Phi) is 5.75. The second kappa shape index (κ2) is 9.01. The summed E-state index contributed by atoms with van der Waals surface area (Å²) in [5, 5.41) is 0. The molecule has 0 radical (unpaired) electrons. The maximum Gasteiger partial charge on any atom is 0.272 e. The fourth-order valence-electron chi connectivity index (χ4n) is 4.48. The van der Waals surface area contributed by atoms with E-state index in [0.717, 1.165) is 24.3 Å². The molecule has 0 bridgehead atoms. The van der Waals surface area contributed by atoms with Crippen LogP contribution in [0.5, 0.6) is 0 Å². The molecule has 1 aliphatic rings. The van der Waals surface area contributed by atoms with E-state index in [9.17, 15) is 9.59 Å². The summed E-state index contributed by atoms with van der Waals surface area (Å²) in [5.41, 5.74) is 8.68. The third-order valence-electron chi connectivity index (χ3n) is 6.17. The standard InChI is InChI=1S/C25H26N6O3/c1-29(15-17-8-3-4-9-19(17)30-11-5-2-6-12-30)25(33)18-14-20(21-10-7-13-34-21)31-16-27-22(23(26)32)24(31)28-18/h3-4,7-10,13-14,16H,2,5-6,11-12,15H2,1H3,(H2,26,32). The van der Waals surface area contributed by atoms with Crippen molar-refractivity contribution in [3.05, 3.63) is 72.0 Å². The first-order chi connectivity index (χ1) is 16.5. The molecule has 9 nitrogen and oxygen atoms in total. The van der Waals surface area contributed by atoms with Gasteiger partial charge < -0.3 is 20.0 Å². The monoisotopic (exact) mass is 458 g/mol. The molecule has 0 spiro atoms. The third kappa shape index (κ3) is 4.00. The number of nitrogens with two attached hydrogens (primary N) is 1. The first-order valence-corrected chi connectivity index (χ1v) is 11.3. The number of rotatable bonds is 6. The summed E-state index contributed by atoms with van der Waals surface area (Å²) in [6.45, 7) is 2.48. The molecule has 4 aromatic rings. The maximum absolute atomic E-state index is 13.5. The Labute approximate surface area is 196 Å². The highest BCUT2D eigenvalue weighted by Crippen LogP contribution is 2.27. The minimum absolute atomic E-state index is 0.000512. The normalized spacial score (nSPS) is 13.9. The van der Waals surface area contributed by atoms with Crippen molar-refractivity contribution < 1.29 is 14.0 Å². The zero-order chi connectivity index (χ0) is 23.7. The predicted molar refractivity (Wildman–Crippen MR) is 128 cm³/mol. The molecule has 2 amide bonds. The van der Waals surface area contributed by atoms with E-state index in [2.05, 4.69) is 27.0 Å². The summed E-state index contributed by atoms with van der Waals surface area (Å²) in [6, 6.07) is 13.4. The molecule has 34 heavy (non-hydrogen) atoms. The number of anilines is 1. The first-order valence-electron chi connectivity index (χ1n) is 11.3. The number of carbonyl (C=O) groups excluding carboxylic acids is 2. The minimum atomic E-state index is -0.714. The van der Waals surface area contributed by atoms with Crippen molar-refractivity contribution in [1.82, 2.24) is 19.3 Å². The zero-order valence-corrected chi connectivity index (χ0v) is 19.0. The fraction of sp³-hybridized carbons (Fsp3) is 0.280. The van der Waals surface area contributed by atoms with E-state index in [1.54, 1.807) is 40.8 Å². The average Bonchev–Trinajstić information content (AvgIpc) is 3.54. The van der Waals surface area contributed by atoms with Crippen LogP contribution in [0.15, 0.2) is 59.5 Å². The lowest BCUT2D eigenvalue weighted by atomic mass is 10.1. The number of nitrogens with zero attached hydrogens (tertiary/aromatic N) is 5. The molecule has 2 N–H and O–H groups in total. The first kappa shape index (κ1) is 21.7. The second-order valence-electron chi connectivity index (χ2n) is 8.49. The van der Waals surface area contributed by atoms with Gasteiger partial charge in [0.1, 0.15) is 12.0 Å². The number of benzene rings is 1. The molecule has 9 heteroatoms. The Hall–Kier alpha value is -4.14. The number of furan rings is 1. The third-order valence-corrected chi connectivity index (χ3v) is 6.17. The summed E-state index contributed by atoms with van der Waals surface area (Å²) in [4.78, 5) is 38.0. The van der Waals surface area contributed by atoms with Gasteiger partial charge in [-0.1, -0.05) is 18.2 Å². The lowest BCUT2D eigenvalue weighted by Crippen LogP contribution is -2.32. The van der Waals surface area contributed by atoms with E-state index in [4.69, 9.17) is 10.2 Å². The number of hydrogen-bond donors (Lipinski definition) is 1. The second-order valence-corrected chi connectivity index (χ2v) is 8.49. The molecule has 1 saturated heterocycles. The Morgan fingerprint density at radius 2 is 1.91 bits per heavy atom. The number of fused-ring (bicyclic) bond motifs is 1. The SMILES string of the molecule is CN(Cc1ccccc1N1CCCCC1)C(=O)c1cc(-c2ccco2)n2cnc(C(N)=O)c2n1. The van der Waals surface area contributed by atoms with Crippen molar-refractivity contribution in [1.29, 1.82) is 0 Å². The largest absolute Gasteiger partial charge is 0.463 e. The van der Waals surface area contributed by atoms with Crippen molar-refractivity contribution in [3.63, 3.8) is 0 Å². The van der Waals surface area contributed by atoms with E-state index >= 15 is 0 Å². The van der Waals surface area contributed by atoms with Gasteiger partial charge in [-0.05, 0) is 49.1 Å². The van der Waals surface area contributed by atoms with Crippen LogP contribution >= 0.6 is 0 Å². The molecule has 0 unspecified atom stereocenters. The van der Waals surface area contributed by atoms with Crippen LogP contribution in [0.4, 0.5) is 5.69 Å². The fourth-order valence-corrected chi connectivity index (χ4v) is 4.48. The highest BCUT2D eigenvalue weighted by molar-refractivity contribution is 5.99. The van der Waals surface area contributed by atoms with Crippen molar-refractivity contribution in [2.75, 3.05) is 25.0 Å². The lowest BCUT2D eigenvalue weighted by Gasteiger charge is -2.31. The van der Waals surface area contributed by atoms with Gasteiger partial charge in [0, 0.05) is 32.4 Å². The van der Waals surface area contributed by atoms with Crippen LogP contribution < -0.4 is 10.6 Å². The molecule has 0 aliphatic carbocycles. The van der Waals surface area contributed by atoms with Gasteiger partial charge in [-0.15, -0.1) is 0 Å². The summed E-state index contributed by atoms with van der Waals surface area (Å²) in [5.74, 6) is -0.470. The Morgan fingerprint density at radius 3 is 2.65 bits per heavy atom. The van der Waals surface area contributed by atoms with Gasteiger partial charge in [0.05, 0.1) is 12.0 Å². The van der Waals surface area contributed by atoms with E-state index < -0.39 is 5.91 Å². The number of para-hydroxylation sites is 1. The number of imidazole rings is 1. The van der Waals surface area contributed by atoms with Crippen LogP contribution in [0.3, 0.4) is 0 Å². The van der Waals surface area contributed by atoms with Gasteiger partial charge in [0.15, 0.2) is 17.1 Å². The summed E-state index contributed by atoms with van der Waals surface area (Å²) in [6.07, 6.45) is 6.60. The number of aromatic nitrogens is 3. The maximum atomic E-state index is 13.5. The molecular formula is C25H26N6O3. The van der Waals surface area contributed by atoms with Crippen LogP contribution in [0.2, 0.25) is 0 Å². The number of carbonyl (C=O) groups is 2. The van der Waals surface area contributed by atoms with Gasteiger partial charge in [-0.2, -0.15) is 0 Å². The minimum Gasteiger partial charge on any atom is -0.463 e. The molecule has 0 saturated carbocycles. The summed E-state index contributed by atoms with van der Waals surface area (Å²) >= 11 is 0. The smallest absolute Gasteiger partial charge is 0.272 e. The number of piperidine rings is 1. The summed E-state index contributed by atoms with van der Waals surface area (Å²) < 4.78 is 7.15. The Morgan fingerprint density at radius 1 is 1.12 bits per heavy atom. The Bertz CT molecular complexity index is 1340. The number of amides is 2. The van der Waals surface area contributed by atoms with E-state index in [-0.39, 0.29) is 22.9 Å². The van der Waals surface area contributed by atoms with Crippen LogP contribution in [0, 0.1) is 0 Å². The number of hydrogen-bond acceptors (Lipinski definition) is 6. The molecule has 1 fully saturated rings. The van der Waals surface area contributed by atoms with E-state index in [1.807, 2.05) is 12.1 Å². The van der Waals surface area contributed by atoms with Gasteiger partial charge in [0.25, 0.3) is 11.8 Å². The van der Waals surface area contributed by atoms with Gasteiger partial charge >= 0.3 is 0 Å². The van der Waals surface area contributed by atoms with Crippen molar-refractivity contribution in [2.45, 2.75) is 25.8 Å². The van der Waals surface area contributed by atoms with Gasteiger partial charge in [-0.25, -0.2) is 9.97 Å². The molecule has 1 aromatic carbocycles.